The van der Waals surface area contributed by atoms with E-state index >= 15 is 0 Å². The summed E-state index contributed by atoms with van der Waals surface area (Å²) in [5.74, 6) is -4.96. The smallest absolute Gasteiger partial charge is 0.382 e. The van der Waals surface area contributed by atoms with E-state index in [-0.39, 0.29) is 10.2 Å². The van der Waals surface area contributed by atoms with Crippen molar-refractivity contribution in [2.75, 3.05) is 6.61 Å². The van der Waals surface area contributed by atoms with E-state index in [2.05, 4.69) is 11.7 Å². The zero-order valence-corrected chi connectivity index (χ0v) is 13.8. The molecule has 0 aliphatic heterocycles. The van der Waals surface area contributed by atoms with Gasteiger partial charge in [0, 0.05) is 0 Å². The highest BCUT2D eigenvalue weighted by Crippen LogP contribution is 2.31. The quantitative estimate of drug-likeness (QED) is 0.290. The van der Waals surface area contributed by atoms with E-state index in [1.165, 1.54) is 54.9 Å². The van der Waals surface area contributed by atoms with Gasteiger partial charge in [-0.05, 0) is 42.4 Å². The normalized spacial score (nSPS) is 12.6. The summed E-state index contributed by atoms with van der Waals surface area (Å²) >= 11 is 1.52. The molecule has 0 aliphatic rings. The third-order valence-electron chi connectivity index (χ3n) is 2.71. The molecule has 2 nitrogen and oxygen atoms in total. The van der Waals surface area contributed by atoms with Gasteiger partial charge in [-0.15, -0.1) is 0 Å². The Labute approximate surface area is 128 Å². The van der Waals surface area contributed by atoms with Gasteiger partial charge in [-0.25, -0.2) is 4.79 Å². The molecule has 0 amide bonds. The molecule has 0 aromatic rings. The number of carbonyl (C=O) groups excluding carboxylic acids is 1. The Morgan fingerprint density at radius 3 is 2.32 bits per heavy atom. The number of hydrogen-bond acceptors (Lipinski definition) is 2. The van der Waals surface area contributed by atoms with Crippen LogP contribution in [0.15, 0.2) is 9.66 Å². The minimum Gasteiger partial charge on any atom is -0.461 e. The van der Waals surface area contributed by atoms with Crippen LogP contribution in [0.2, 0.25) is 0 Å². The molecule has 0 heterocycles. The van der Waals surface area contributed by atoms with E-state index in [0.29, 0.717) is 6.42 Å². The Morgan fingerprint density at radius 2 is 1.74 bits per heavy atom. The van der Waals surface area contributed by atoms with Crippen molar-refractivity contribution in [3.05, 3.63) is 9.66 Å². The first-order valence-electron chi connectivity index (χ1n) is 6.88. The van der Waals surface area contributed by atoms with Crippen LogP contribution < -0.4 is 0 Å². The molecule has 112 valence electrons. The number of rotatable bonds is 10. The number of alkyl halides is 2. The second kappa shape index (κ2) is 10.6. The van der Waals surface area contributed by atoms with Crippen molar-refractivity contribution in [2.24, 2.45) is 0 Å². The van der Waals surface area contributed by atoms with E-state index in [1.54, 1.807) is 0 Å². The van der Waals surface area contributed by atoms with Gasteiger partial charge >= 0.3 is 11.9 Å². The number of allylic oxidation sites excluding steroid dienone is 1. The van der Waals surface area contributed by atoms with Gasteiger partial charge in [-0.3, -0.25) is 0 Å². The summed E-state index contributed by atoms with van der Waals surface area (Å²) in [4.78, 5) is 11.1. The van der Waals surface area contributed by atoms with Crippen LogP contribution in [0.3, 0.4) is 0 Å². The lowest BCUT2D eigenvalue weighted by atomic mass is 10.1. The molecule has 5 heteroatoms. The predicted molar refractivity (Wildman–Crippen MR) is 81.7 cm³/mol. The van der Waals surface area contributed by atoms with Crippen LogP contribution in [0.25, 0.3) is 0 Å². The lowest BCUT2D eigenvalue weighted by molar-refractivity contribution is -0.164. The van der Waals surface area contributed by atoms with Crippen LogP contribution in [-0.4, -0.2) is 18.5 Å². The average molecular weight is 388 g/mol. The SMILES string of the molecule is CCCCCCCCC=C(I)C(F)(F)C(=O)OCC. The van der Waals surface area contributed by atoms with Gasteiger partial charge in [0.05, 0.1) is 10.2 Å². The van der Waals surface area contributed by atoms with E-state index in [4.69, 9.17) is 0 Å². The molecule has 0 atom stereocenters. The fraction of sp³-hybridized carbons (Fsp3) is 0.786. The molecule has 19 heavy (non-hydrogen) atoms. The molecule has 0 spiro atoms. The van der Waals surface area contributed by atoms with E-state index in [9.17, 15) is 13.6 Å². The summed E-state index contributed by atoms with van der Waals surface area (Å²) in [5.41, 5.74) is 0. The lowest BCUT2D eigenvalue weighted by Crippen LogP contribution is -2.31. The molecule has 0 fully saturated rings. The number of hydrogen-bond donors (Lipinski definition) is 0. The lowest BCUT2D eigenvalue weighted by Gasteiger charge is -2.13. The fourth-order valence-electron chi connectivity index (χ4n) is 1.60. The minimum atomic E-state index is -3.50. The number of ether oxygens (including phenoxy) is 1. The summed E-state index contributed by atoms with van der Waals surface area (Å²) in [6, 6.07) is 0. The van der Waals surface area contributed by atoms with E-state index < -0.39 is 11.9 Å². The number of halogens is 3. The van der Waals surface area contributed by atoms with E-state index in [0.717, 1.165) is 19.3 Å². The Kier molecular flexibility index (Phi) is 10.5. The topological polar surface area (TPSA) is 26.3 Å². The van der Waals surface area contributed by atoms with Crippen molar-refractivity contribution in [1.29, 1.82) is 0 Å². The van der Waals surface area contributed by atoms with Crippen molar-refractivity contribution in [3.8, 4) is 0 Å². The Bertz CT molecular complexity index is 291. The molecule has 0 radical (unpaired) electrons. The summed E-state index contributed by atoms with van der Waals surface area (Å²) in [5, 5.41) is 0. The molecular weight excluding hydrogens is 365 g/mol. The molecular formula is C14H23F2IO2. The molecule has 0 bridgehead atoms. The van der Waals surface area contributed by atoms with Crippen LogP contribution >= 0.6 is 22.6 Å². The molecule has 0 rings (SSSR count). The third-order valence-corrected chi connectivity index (χ3v) is 3.83. The Hall–Kier alpha value is -0.200. The zero-order chi connectivity index (χ0) is 14.7. The Balaban J connectivity index is 4.01. The number of carbonyl (C=O) groups is 1. The van der Waals surface area contributed by atoms with Crippen LogP contribution in [0.4, 0.5) is 8.78 Å². The third kappa shape index (κ3) is 7.84. The van der Waals surface area contributed by atoms with Gasteiger partial charge in [-0.2, -0.15) is 8.78 Å². The summed E-state index contributed by atoms with van der Waals surface area (Å²) < 4.78 is 31.2. The monoisotopic (exact) mass is 388 g/mol. The van der Waals surface area contributed by atoms with Crippen molar-refractivity contribution < 1.29 is 18.3 Å². The summed E-state index contributed by atoms with van der Waals surface area (Å²) in [6.45, 7) is 3.64. The first-order chi connectivity index (χ1) is 8.96. The minimum absolute atomic E-state index is 0.0320. The standard InChI is InChI=1S/C14H23F2IO2/c1-3-5-6-7-8-9-10-11-12(17)14(15,16)13(18)19-4-2/h11H,3-10H2,1-2H3. The van der Waals surface area contributed by atoms with Crippen LogP contribution in [-0.2, 0) is 9.53 Å². The molecule has 0 aromatic carbocycles. The van der Waals surface area contributed by atoms with Crippen LogP contribution in [0.1, 0.15) is 58.8 Å². The van der Waals surface area contributed by atoms with Crippen molar-refractivity contribution in [1.82, 2.24) is 0 Å². The predicted octanol–water partition coefficient (Wildman–Crippen LogP) is 5.25. The van der Waals surface area contributed by atoms with Crippen LogP contribution in [0.5, 0.6) is 0 Å². The van der Waals surface area contributed by atoms with Crippen molar-refractivity contribution in [3.63, 3.8) is 0 Å². The van der Waals surface area contributed by atoms with Crippen molar-refractivity contribution in [2.45, 2.75) is 64.7 Å². The van der Waals surface area contributed by atoms with Gasteiger partial charge in [0.25, 0.3) is 0 Å². The molecule has 0 saturated heterocycles. The summed E-state index contributed by atoms with van der Waals surface area (Å²) in [6.07, 6.45) is 8.73. The summed E-state index contributed by atoms with van der Waals surface area (Å²) in [7, 11) is 0. The highest BCUT2D eigenvalue weighted by molar-refractivity contribution is 14.1. The maximum Gasteiger partial charge on any atom is 0.382 e. The fourth-order valence-corrected chi connectivity index (χ4v) is 2.13. The molecule has 0 aromatic heterocycles. The van der Waals surface area contributed by atoms with Gasteiger partial charge in [0.2, 0.25) is 0 Å². The molecule has 0 unspecified atom stereocenters. The van der Waals surface area contributed by atoms with Gasteiger partial charge in [0.15, 0.2) is 0 Å². The second-order valence-electron chi connectivity index (χ2n) is 4.40. The largest absolute Gasteiger partial charge is 0.461 e. The number of unbranched alkanes of at least 4 members (excludes halogenated alkanes) is 6. The number of esters is 1. The Morgan fingerprint density at radius 1 is 1.16 bits per heavy atom. The molecule has 0 N–H and O–H groups in total. The second-order valence-corrected chi connectivity index (χ2v) is 5.57. The highest BCUT2D eigenvalue weighted by Gasteiger charge is 2.43. The first-order valence-corrected chi connectivity index (χ1v) is 7.95. The maximum absolute atomic E-state index is 13.5. The highest BCUT2D eigenvalue weighted by atomic mass is 127. The average Bonchev–Trinajstić information content (AvgIpc) is 2.37. The van der Waals surface area contributed by atoms with Gasteiger partial charge < -0.3 is 4.74 Å². The van der Waals surface area contributed by atoms with Gasteiger partial charge in [0.1, 0.15) is 0 Å². The zero-order valence-electron chi connectivity index (χ0n) is 11.7. The van der Waals surface area contributed by atoms with E-state index in [1.807, 2.05) is 0 Å². The van der Waals surface area contributed by atoms with Crippen LogP contribution in [0, 0.1) is 0 Å². The van der Waals surface area contributed by atoms with Crippen molar-refractivity contribution >= 4 is 28.6 Å². The molecule has 0 aliphatic carbocycles. The first kappa shape index (κ1) is 18.8. The van der Waals surface area contributed by atoms with Gasteiger partial charge in [-0.1, -0.05) is 45.1 Å². The maximum atomic E-state index is 13.5. The molecule has 0 saturated carbocycles.